The maximum absolute atomic E-state index is 12.4. The number of alkyl halides is 2. The molecule has 0 aliphatic rings. The Hall–Kier alpha value is -1.69. The van der Waals surface area contributed by atoms with E-state index in [1.165, 1.54) is 4.90 Å². The van der Waals surface area contributed by atoms with Gasteiger partial charge in [0, 0.05) is 12.5 Å². The van der Waals surface area contributed by atoms with Crippen molar-refractivity contribution < 1.29 is 14.0 Å². The Kier molecular flexibility index (Phi) is 5.51. The molecule has 0 fully saturated rings. The van der Waals surface area contributed by atoms with Gasteiger partial charge in [0.2, 0.25) is 0 Å². The molecule has 0 aliphatic heterocycles. The lowest BCUT2D eigenvalue weighted by Crippen LogP contribution is -2.32. The van der Waals surface area contributed by atoms with Crippen LogP contribution in [0.2, 0.25) is 0 Å². The van der Waals surface area contributed by atoms with Crippen molar-refractivity contribution in [2.75, 3.05) is 13.6 Å². The zero-order valence-corrected chi connectivity index (χ0v) is 10.1. The van der Waals surface area contributed by atoms with E-state index in [1.807, 2.05) is 30.3 Å². The molecule has 1 rings (SSSR count). The smallest absolute Gasteiger partial charge is 0.251 e. The molecule has 0 radical (unpaired) electrons. The molecule has 4 nitrogen and oxygen atoms in total. The fourth-order valence-electron chi connectivity index (χ4n) is 1.79. The van der Waals surface area contributed by atoms with E-state index < -0.39 is 6.43 Å². The molecule has 100 valence electrons. The standard InChI is InChI=1S/C12H17F2N3O/c1-17(8-11(13)14)10(7-12(15)16-18)9-5-3-2-4-6-9/h2-6,10-11,18H,7-8H2,1H3,(H2,15,16). The molecule has 0 aromatic heterocycles. The first kappa shape index (κ1) is 14.4. The number of oxime groups is 1. The Morgan fingerprint density at radius 3 is 2.50 bits per heavy atom. The minimum atomic E-state index is -2.42. The van der Waals surface area contributed by atoms with E-state index in [9.17, 15) is 8.78 Å². The van der Waals surface area contributed by atoms with Crippen LogP contribution in [0.4, 0.5) is 8.78 Å². The molecule has 0 amide bonds. The Labute approximate surface area is 105 Å². The van der Waals surface area contributed by atoms with Crippen LogP contribution in [0.15, 0.2) is 35.5 Å². The van der Waals surface area contributed by atoms with Gasteiger partial charge < -0.3 is 10.9 Å². The summed E-state index contributed by atoms with van der Waals surface area (Å²) in [6, 6.07) is 8.82. The molecule has 18 heavy (non-hydrogen) atoms. The number of hydrogen-bond acceptors (Lipinski definition) is 3. The van der Waals surface area contributed by atoms with E-state index in [4.69, 9.17) is 10.9 Å². The molecule has 1 aromatic rings. The topological polar surface area (TPSA) is 61.8 Å². The minimum absolute atomic E-state index is 0.0185. The predicted octanol–water partition coefficient (Wildman–Crippen LogP) is 2.06. The number of halogens is 2. The van der Waals surface area contributed by atoms with Gasteiger partial charge >= 0.3 is 0 Å². The highest BCUT2D eigenvalue weighted by atomic mass is 19.3. The van der Waals surface area contributed by atoms with Crippen LogP contribution in [0.25, 0.3) is 0 Å². The van der Waals surface area contributed by atoms with Gasteiger partial charge in [-0.1, -0.05) is 35.5 Å². The lowest BCUT2D eigenvalue weighted by atomic mass is 10.0. The van der Waals surface area contributed by atoms with Crippen molar-refractivity contribution in [3.63, 3.8) is 0 Å². The summed E-state index contributed by atoms with van der Waals surface area (Å²) in [6.45, 7) is -0.363. The second-order valence-corrected chi connectivity index (χ2v) is 4.05. The third-order valence-electron chi connectivity index (χ3n) is 2.67. The summed E-state index contributed by atoms with van der Waals surface area (Å²) in [5, 5.41) is 11.5. The van der Waals surface area contributed by atoms with E-state index >= 15 is 0 Å². The fraction of sp³-hybridized carbons (Fsp3) is 0.417. The molecule has 0 heterocycles. The van der Waals surface area contributed by atoms with Crippen LogP contribution in [-0.2, 0) is 0 Å². The quantitative estimate of drug-likeness (QED) is 0.355. The van der Waals surface area contributed by atoms with Crippen LogP contribution in [0.1, 0.15) is 18.0 Å². The van der Waals surface area contributed by atoms with Crippen molar-refractivity contribution in [3.05, 3.63) is 35.9 Å². The molecule has 0 spiro atoms. The van der Waals surface area contributed by atoms with Gasteiger partial charge in [-0.05, 0) is 12.6 Å². The van der Waals surface area contributed by atoms with Crippen molar-refractivity contribution in [3.8, 4) is 0 Å². The fourth-order valence-corrected chi connectivity index (χ4v) is 1.79. The van der Waals surface area contributed by atoms with Gasteiger partial charge in [0.1, 0.15) is 5.84 Å². The highest BCUT2D eigenvalue weighted by molar-refractivity contribution is 5.80. The van der Waals surface area contributed by atoms with Crippen LogP contribution in [0, 0.1) is 0 Å². The number of nitrogens with two attached hydrogens (primary N) is 1. The van der Waals surface area contributed by atoms with Gasteiger partial charge in [-0.15, -0.1) is 0 Å². The SMILES string of the molecule is CN(CC(F)F)C(C/C(N)=N/O)c1ccccc1. The molecule has 0 bridgehead atoms. The van der Waals surface area contributed by atoms with Crippen molar-refractivity contribution in [1.82, 2.24) is 4.90 Å². The second-order valence-electron chi connectivity index (χ2n) is 4.05. The summed E-state index contributed by atoms with van der Waals surface area (Å²) in [6.07, 6.45) is -2.22. The van der Waals surface area contributed by atoms with Gasteiger partial charge in [-0.3, -0.25) is 4.90 Å². The molecule has 3 N–H and O–H groups in total. The maximum Gasteiger partial charge on any atom is 0.251 e. The molecule has 1 atom stereocenters. The second kappa shape index (κ2) is 6.90. The number of benzene rings is 1. The molecule has 0 aliphatic carbocycles. The maximum atomic E-state index is 12.4. The molecular formula is C12H17F2N3O. The minimum Gasteiger partial charge on any atom is -0.409 e. The van der Waals surface area contributed by atoms with Crippen LogP contribution >= 0.6 is 0 Å². The van der Waals surface area contributed by atoms with E-state index in [0.29, 0.717) is 0 Å². The summed E-state index contributed by atoms with van der Waals surface area (Å²) in [4.78, 5) is 1.50. The third-order valence-corrected chi connectivity index (χ3v) is 2.67. The number of hydrogen-bond donors (Lipinski definition) is 2. The Morgan fingerprint density at radius 2 is 2.00 bits per heavy atom. The average molecular weight is 257 g/mol. The van der Waals surface area contributed by atoms with Gasteiger partial charge in [0.05, 0.1) is 6.54 Å². The van der Waals surface area contributed by atoms with E-state index in [2.05, 4.69) is 5.16 Å². The largest absolute Gasteiger partial charge is 0.409 e. The molecule has 6 heteroatoms. The van der Waals surface area contributed by atoms with E-state index in [1.54, 1.807) is 7.05 Å². The summed E-state index contributed by atoms with van der Waals surface area (Å²) in [7, 11) is 1.59. The van der Waals surface area contributed by atoms with Gasteiger partial charge in [-0.25, -0.2) is 8.78 Å². The van der Waals surface area contributed by atoms with Gasteiger partial charge in [0.15, 0.2) is 0 Å². The highest BCUT2D eigenvalue weighted by Gasteiger charge is 2.21. The summed E-state index contributed by atoms with van der Waals surface area (Å²) in [5.74, 6) is 0.0185. The Bertz CT molecular complexity index is 384. The molecule has 1 aromatic carbocycles. The van der Waals surface area contributed by atoms with Crippen molar-refractivity contribution in [2.24, 2.45) is 10.9 Å². The molecule has 1 unspecified atom stereocenters. The van der Waals surface area contributed by atoms with E-state index in [0.717, 1.165) is 5.56 Å². The Morgan fingerprint density at radius 1 is 1.39 bits per heavy atom. The monoisotopic (exact) mass is 257 g/mol. The van der Waals surface area contributed by atoms with Crippen LogP contribution < -0.4 is 5.73 Å². The summed E-state index contributed by atoms with van der Waals surface area (Å²) < 4.78 is 24.9. The first-order chi connectivity index (χ1) is 8.54. The van der Waals surface area contributed by atoms with Gasteiger partial charge in [-0.2, -0.15) is 0 Å². The normalized spacial score (nSPS) is 14.2. The highest BCUT2D eigenvalue weighted by Crippen LogP contribution is 2.23. The van der Waals surface area contributed by atoms with Crippen molar-refractivity contribution in [1.29, 1.82) is 0 Å². The predicted molar refractivity (Wildman–Crippen MR) is 65.8 cm³/mol. The van der Waals surface area contributed by atoms with Crippen LogP contribution in [0.3, 0.4) is 0 Å². The van der Waals surface area contributed by atoms with Crippen LogP contribution in [0.5, 0.6) is 0 Å². The zero-order valence-electron chi connectivity index (χ0n) is 10.1. The summed E-state index contributed by atoms with van der Waals surface area (Å²) in [5.41, 5.74) is 6.32. The number of nitrogens with zero attached hydrogens (tertiary/aromatic N) is 2. The average Bonchev–Trinajstić information content (AvgIpc) is 2.35. The van der Waals surface area contributed by atoms with Gasteiger partial charge in [0.25, 0.3) is 6.43 Å². The first-order valence-electron chi connectivity index (χ1n) is 5.54. The lowest BCUT2D eigenvalue weighted by molar-refractivity contribution is 0.0816. The molecule has 0 saturated heterocycles. The molecular weight excluding hydrogens is 240 g/mol. The number of rotatable bonds is 6. The summed E-state index contributed by atoms with van der Waals surface area (Å²) >= 11 is 0. The third kappa shape index (κ3) is 4.29. The zero-order chi connectivity index (χ0) is 13.5. The van der Waals surface area contributed by atoms with E-state index in [-0.39, 0.29) is 24.8 Å². The van der Waals surface area contributed by atoms with Crippen molar-refractivity contribution in [2.45, 2.75) is 18.9 Å². The molecule has 0 saturated carbocycles. The van der Waals surface area contributed by atoms with Crippen LogP contribution in [-0.4, -0.2) is 36.0 Å². The Balaban J connectivity index is 2.88. The first-order valence-corrected chi connectivity index (χ1v) is 5.54. The number of amidine groups is 1. The lowest BCUT2D eigenvalue weighted by Gasteiger charge is -2.27. The van der Waals surface area contributed by atoms with Crippen molar-refractivity contribution >= 4 is 5.84 Å².